The van der Waals surface area contributed by atoms with Crippen LogP contribution in [0.4, 0.5) is 0 Å². The summed E-state index contributed by atoms with van der Waals surface area (Å²) in [5.74, 6) is 0. The van der Waals surface area contributed by atoms with Crippen LogP contribution < -0.4 is 0 Å². The minimum atomic E-state index is 0.466. The lowest BCUT2D eigenvalue weighted by atomic mass is 10.4. The first kappa shape index (κ1) is 7.44. The molecule has 0 radical (unpaired) electrons. The summed E-state index contributed by atoms with van der Waals surface area (Å²) in [5, 5.41) is 0.466. The van der Waals surface area contributed by atoms with Crippen LogP contribution in [0.25, 0.3) is 0 Å². The van der Waals surface area contributed by atoms with Gasteiger partial charge >= 0.3 is 0 Å². The summed E-state index contributed by atoms with van der Waals surface area (Å²) in [6, 6.07) is 1.70. The molecule has 54 valence electrons. The molecule has 0 aliphatic rings. The molecule has 1 aromatic rings. The van der Waals surface area contributed by atoms with E-state index in [1.165, 1.54) is 6.33 Å². The second kappa shape index (κ2) is 3.49. The van der Waals surface area contributed by atoms with E-state index >= 15 is 0 Å². The van der Waals surface area contributed by atoms with Gasteiger partial charge in [0.1, 0.15) is 24.3 Å². The quantitative estimate of drug-likeness (QED) is 0.473. The van der Waals surface area contributed by atoms with Crippen molar-refractivity contribution < 1.29 is 4.74 Å². The van der Waals surface area contributed by atoms with Gasteiger partial charge in [-0.2, -0.15) is 0 Å². The van der Waals surface area contributed by atoms with E-state index in [-0.39, 0.29) is 0 Å². The monoisotopic (exact) mass is 159 g/mol. The van der Waals surface area contributed by atoms with Crippen molar-refractivity contribution in [3.05, 3.63) is 23.2 Å². The molecule has 3 nitrogen and oxygen atoms in total. The fourth-order valence-electron chi connectivity index (χ4n) is 0.619. The smallest absolute Gasteiger partial charge is 0.188 e. The van der Waals surface area contributed by atoms with Gasteiger partial charge in [-0.1, -0.05) is 11.6 Å². The highest BCUT2D eigenvalue weighted by Gasteiger charge is 1.96. The van der Waals surface area contributed by atoms with Gasteiger partial charge in [0.05, 0.1) is 0 Å². The van der Waals surface area contributed by atoms with Crippen LogP contribution in [-0.4, -0.2) is 21.8 Å². The molecule has 0 aromatic carbocycles. The number of hydrogen-bond donors (Lipinski definition) is 0. The van der Waals surface area contributed by atoms with Crippen molar-refractivity contribution in [2.24, 2.45) is 0 Å². The number of nitrogens with zero attached hydrogens (tertiary/aromatic N) is 2. The van der Waals surface area contributed by atoms with Crippen LogP contribution in [-0.2, 0) is 6.61 Å². The van der Waals surface area contributed by atoms with E-state index in [0.717, 1.165) is 5.69 Å². The van der Waals surface area contributed by atoms with Crippen LogP contribution in [0.15, 0.2) is 12.4 Å². The van der Waals surface area contributed by atoms with Crippen LogP contribution >= 0.6 is 11.6 Å². The van der Waals surface area contributed by atoms with Gasteiger partial charge in [0.25, 0.3) is 0 Å². The molecular formula is C6H8ClN2O+. The lowest BCUT2D eigenvalue weighted by Gasteiger charge is -1.93. The Kier molecular flexibility index (Phi) is 2.59. The maximum Gasteiger partial charge on any atom is 0.188 e. The highest BCUT2D eigenvalue weighted by molar-refractivity contribution is 6.29. The Morgan fingerprint density at radius 3 is 3.00 bits per heavy atom. The van der Waals surface area contributed by atoms with E-state index in [1.807, 2.05) is 0 Å². The predicted molar refractivity (Wildman–Crippen MR) is 38.9 cm³/mol. The van der Waals surface area contributed by atoms with Crippen LogP contribution in [0.5, 0.6) is 0 Å². The van der Waals surface area contributed by atoms with Crippen molar-refractivity contribution in [3.63, 3.8) is 0 Å². The summed E-state index contributed by atoms with van der Waals surface area (Å²) in [4.78, 5) is 7.67. The van der Waals surface area contributed by atoms with Gasteiger partial charge in [0.2, 0.25) is 0 Å². The van der Waals surface area contributed by atoms with Crippen molar-refractivity contribution in [1.29, 1.82) is 0 Å². The van der Waals surface area contributed by atoms with Crippen LogP contribution in [0.1, 0.15) is 5.69 Å². The lowest BCUT2D eigenvalue weighted by molar-refractivity contribution is -0.00299. The first-order chi connectivity index (χ1) is 4.83. The Bertz CT molecular complexity index is 217. The van der Waals surface area contributed by atoms with Gasteiger partial charge in [-0.15, -0.1) is 0 Å². The van der Waals surface area contributed by atoms with Crippen molar-refractivity contribution in [3.8, 4) is 0 Å². The molecule has 1 N–H and O–H groups in total. The second-order valence-corrected chi connectivity index (χ2v) is 2.19. The minimum absolute atomic E-state index is 0.466. The fourth-order valence-corrected chi connectivity index (χ4v) is 0.788. The maximum atomic E-state index is 5.59. The van der Waals surface area contributed by atoms with E-state index in [4.69, 9.17) is 11.6 Å². The molecule has 0 atom stereocenters. The molecule has 0 aliphatic carbocycles. The fraction of sp³-hybridized carbons (Fsp3) is 0.333. The predicted octanol–water partition coefficient (Wildman–Crippen LogP) is 0.788. The molecule has 1 heterocycles. The van der Waals surface area contributed by atoms with Gasteiger partial charge in [-0.05, 0) is 0 Å². The number of rotatable bonds is 2. The van der Waals surface area contributed by atoms with E-state index in [1.54, 1.807) is 13.2 Å². The molecule has 4 heteroatoms. The van der Waals surface area contributed by atoms with Crippen molar-refractivity contribution in [1.82, 2.24) is 9.97 Å². The normalized spacial score (nSPS) is 9.80. The first-order valence-corrected chi connectivity index (χ1v) is 3.22. The third kappa shape index (κ3) is 1.93. The molecule has 0 amide bonds. The van der Waals surface area contributed by atoms with Crippen LogP contribution in [0, 0.1) is 0 Å². The molecule has 0 spiro atoms. The van der Waals surface area contributed by atoms with Crippen molar-refractivity contribution >= 4 is 11.6 Å². The summed E-state index contributed by atoms with van der Waals surface area (Å²) in [5.41, 5.74) is 0.850. The molecule has 10 heavy (non-hydrogen) atoms. The summed E-state index contributed by atoms with van der Waals surface area (Å²) >= 11 is 5.59. The van der Waals surface area contributed by atoms with Gasteiger partial charge < -0.3 is 4.74 Å². The van der Waals surface area contributed by atoms with E-state index in [2.05, 4.69) is 14.7 Å². The third-order valence-corrected chi connectivity index (χ3v) is 1.22. The molecule has 0 saturated carbocycles. The Labute approximate surface area is 64.0 Å². The van der Waals surface area contributed by atoms with Crippen molar-refractivity contribution in [2.45, 2.75) is 6.61 Å². The molecular weight excluding hydrogens is 152 g/mol. The zero-order valence-corrected chi connectivity index (χ0v) is 6.34. The molecule has 0 unspecified atom stereocenters. The van der Waals surface area contributed by atoms with Crippen LogP contribution in [0.3, 0.4) is 0 Å². The number of halogens is 1. The SMILES string of the molecule is C[OH+]Cc1cc(Cl)ncn1. The summed E-state index contributed by atoms with van der Waals surface area (Å²) in [7, 11) is 1.73. The number of ether oxygens (including phenoxy) is 1. The third-order valence-electron chi connectivity index (χ3n) is 1.01. The average molecular weight is 160 g/mol. The minimum Gasteiger partial charge on any atom is -0.431 e. The zero-order valence-electron chi connectivity index (χ0n) is 5.58. The Morgan fingerprint density at radius 2 is 2.40 bits per heavy atom. The topological polar surface area (TPSA) is 38.6 Å². The Balaban J connectivity index is 2.75. The zero-order chi connectivity index (χ0) is 7.40. The first-order valence-electron chi connectivity index (χ1n) is 2.85. The molecule has 0 aliphatic heterocycles. The van der Waals surface area contributed by atoms with Gasteiger partial charge in [-0.25, -0.2) is 9.97 Å². The summed E-state index contributed by atoms with van der Waals surface area (Å²) in [6.07, 6.45) is 1.43. The number of aliphatic hydroxyl groups is 2. The van der Waals surface area contributed by atoms with Gasteiger partial charge in [0, 0.05) is 6.07 Å². The second-order valence-electron chi connectivity index (χ2n) is 1.81. The maximum absolute atomic E-state index is 5.59. The van der Waals surface area contributed by atoms with E-state index in [9.17, 15) is 0 Å². The van der Waals surface area contributed by atoms with Crippen LogP contribution in [0.2, 0.25) is 5.15 Å². The number of hydrogen-bond acceptors (Lipinski definition) is 2. The van der Waals surface area contributed by atoms with Gasteiger partial charge in [-0.3, -0.25) is 0 Å². The standard InChI is InChI=1S/C6H7ClN2O/c1-10-3-5-2-6(7)9-4-8-5/h2,4H,3H2,1H3/p+1. The average Bonchev–Trinajstić information content (AvgIpc) is 1.88. The number of aromatic nitrogens is 2. The molecule has 0 saturated heterocycles. The Hall–Kier alpha value is -0.670. The Morgan fingerprint density at radius 1 is 1.60 bits per heavy atom. The molecule has 0 fully saturated rings. The lowest BCUT2D eigenvalue weighted by Crippen LogP contribution is -1.95. The molecule has 1 aromatic heterocycles. The molecule has 1 rings (SSSR count). The molecule has 0 bridgehead atoms. The van der Waals surface area contributed by atoms with Gasteiger partial charge in [0.15, 0.2) is 6.61 Å². The highest BCUT2D eigenvalue weighted by Crippen LogP contribution is 2.03. The van der Waals surface area contributed by atoms with E-state index in [0.29, 0.717) is 11.8 Å². The highest BCUT2D eigenvalue weighted by atomic mass is 35.5. The largest absolute Gasteiger partial charge is 0.431 e. The summed E-state index contributed by atoms with van der Waals surface area (Å²) in [6.45, 7) is 0.599. The summed E-state index contributed by atoms with van der Waals surface area (Å²) < 4.78 is 3.90. The van der Waals surface area contributed by atoms with E-state index < -0.39 is 0 Å². The van der Waals surface area contributed by atoms with Crippen molar-refractivity contribution in [2.75, 3.05) is 7.11 Å².